The van der Waals surface area contributed by atoms with E-state index in [9.17, 15) is 0 Å². The number of benzene rings is 6. The van der Waals surface area contributed by atoms with Crippen molar-refractivity contribution < 1.29 is 0 Å². The topological polar surface area (TPSA) is 16.1 Å². The van der Waals surface area contributed by atoms with Crippen molar-refractivity contribution in [1.82, 2.24) is 4.98 Å². The third-order valence-corrected chi connectivity index (χ3v) is 12.3. The molecule has 3 heterocycles. The molecule has 0 unspecified atom stereocenters. The SMILES string of the molecule is c1ccc2cc3c(cc2c1)[Se]c1cc(-c2ccc4ccccc4n2)cc2c1N3c1cc3ccccc3cc1[Se]2. The fourth-order valence-electron chi connectivity index (χ4n) is 5.87. The molecule has 39 heavy (non-hydrogen) atoms. The Balaban J connectivity index is 1.32. The third kappa shape index (κ3) is 3.37. The molecule has 0 saturated heterocycles. The molecule has 182 valence electrons. The van der Waals surface area contributed by atoms with Gasteiger partial charge in [0.1, 0.15) is 0 Å². The van der Waals surface area contributed by atoms with Crippen LogP contribution in [0.5, 0.6) is 0 Å². The third-order valence-electron chi connectivity index (χ3n) is 7.73. The molecule has 0 aliphatic carbocycles. The minimum atomic E-state index is 0.206. The molecule has 0 N–H and O–H groups in total. The van der Waals surface area contributed by atoms with Gasteiger partial charge in [0, 0.05) is 0 Å². The predicted molar refractivity (Wildman–Crippen MR) is 167 cm³/mol. The maximum absolute atomic E-state index is 5.08. The average Bonchev–Trinajstić information content (AvgIpc) is 2.98. The fourth-order valence-corrected chi connectivity index (χ4v) is 11.1. The number of para-hydroxylation sites is 1. The van der Waals surface area contributed by atoms with E-state index in [0.29, 0.717) is 0 Å². The predicted octanol–water partition coefficient (Wildman–Crippen LogP) is 5.61. The molecule has 0 spiro atoms. The Morgan fingerprint density at radius 1 is 0.462 bits per heavy atom. The number of aromatic nitrogens is 1. The van der Waals surface area contributed by atoms with Crippen LogP contribution >= 0.6 is 0 Å². The van der Waals surface area contributed by atoms with Gasteiger partial charge in [-0.1, -0.05) is 0 Å². The van der Waals surface area contributed by atoms with Crippen LogP contribution in [0, 0.1) is 0 Å². The molecule has 0 fully saturated rings. The van der Waals surface area contributed by atoms with Crippen LogP contribution in [0.2, 0.25) is 0 Å². The standard InChI is InChI=1S/C35H20N2Se2/c1-3-10-24-17-31-29(15-22(24)8-1)37-30-16-23-9-2-4-11-25(23)18-32(30)39-34-20-26(19-33(38-31)35(34)37)28-14-13-21-7-5-6-12-27(21)36-28/h1-20H. The first kappa shape index (κ1) is 22.0. The van der Waals surface area contributed by atoms with Crippen LogP contribution < -0.4 is 22.7 Å². The minimum absolute atomic E-state index is 0.206. The van der Waals surface area contributed by atoms with Crippen LogP contribution in [0.25, 0.3) is 43.7 Å². The number of hydrogen-bond acceptors (Lipinski definition) is 2. The van der Waals surface area contributed by atoms with Crippen LogP contribution in [-0.4, -0.2) is 34.9 Å². The molecule has 7 aromatic rings. The Morgan fingerprint density at radius 2 is 0.974 bits per heavy atom. The van der Waals surface area contributed by atoms with E-state index in [-0.39, 0.29) is 29.9 Å². The second-order valence-electron chi connectivity index (χ2n) is 10.1. The zero-order chi connectivity index (χ0) is 25.5. The quantitative estimate of drug-likeness (QED) is 0.220. The van der Waals surface area contributed by atoms with Gasteiger partial charge in [0.05, 0.1) is 0 Å². The van der Waals surface area contributed by atoms with Gasteiger partial charge in [-0.15, -0.1) is 0 Å². The second kappa shape index (κ2) is 8.29. The Morgan fingerprint density at radius 3 is 1.56 bits per heavy atom. The average molecular weight is 626 g/mol. The molecule has 6 aromatic carbocycles. The van der Waals surface area contributed by atoms with Gasteiger partial charge in [-0.3, -0.25) is 0 Å². The normalized spacial score (nSPS) is 13.4. The number of fused-ring (bicyclic) bond motifs is 7. The Labute approximate surface area is 238 Å². The number of hydrogen-bond donors (Lipinski definition) is 0. The molecule has 2 nitrogen and oxygen atoms in total. The van der Waals surface area contributed by atoms with E-state index in [1.165, 1.54) is 67.4 Å². The molecule has 0 amide bonds. The summed E-state index contributed by atoms with van der Waals surface area (Å²) in [7, 11) is 0. The number of rotatable bonds is 1. The summed E-state index contributed by atoms with van der Waals surface area (Å²) in [5.74, 6) is 0. The summed E-state index contributed by atoms with van der Waals surface area (Å²) in [4.78, 5) is 7.65. The summed E-state index contributed by atoms with van der Waals surface area (Å²) in [6.07, 6.45) is 0. The molecular weight excluding hydrogens is 606 g/mol. The van der Waals surface area contributed by atoms with Crippen LogP contribution in [-0.2, 0) is 0 Å². The number of nitrogens with zero attached hydrogens (tertiary/aromatic N) is 2. The zero-order valence-electron chi connectivity index (χ0n) is 20.8. The molecule has 2 aliphatic heterocycles. The van der Waals surface area contributed by atoms with E-state index < -0.39 is 0 Å². The van der Waals surface area contributed by atoms with Crippen molar-refractivity contribution in [3.8, 4) is 11.3 Å². The summed E-state index contributed by atoms with van der Waals surface area (Å²) in [6, 6.07) is 44.8. The molecule has 2 aliphatic rings. The van der Waals surface area contributed by atoms with E-state index in [2.05, 4.69) is 126 Å². The van der Waals surface area contributed by atoms with E-state index in [0.717, 1.165) is 11.2 Å². The first-order chi connectivity index (χ1) is 19.3. The van der Waals surface area contributed by atoms with Crippen LogP contribution in [0.3, 0.4) is 0 Å². The molecular formula is C35H20N2Se2. The summed E-state index contributed by atoms with van der Waals surface area (Å²) in [6.45, 7) is 0. The van der Waals surface area contributed by atoms with Crippen molar-refractivity contribution in [2.45, 2.75) is 0 Å². The molecule has 0 saturated carbocycles. The van der Waals surface area contributed by atoms with Crippen LogP contribution in [0.1, 0.15) is 0 Å². The Kier molecular flexibility index (Phi) is 4.67. The molecule has 0 bridgehead atoms. The van der Waals surface area contributed by atoms with Gasteiger partial charge in [0.15, 0.2) is 0 Å². The molecule has 4 heteroatoms. The van der Waals surface area contributed by atoms with Crippen LogP contribution in [0.15, 0.2) is 121 Å². The first-order valence-electron chi connectivity index (χ1n) is 13.0. The van der Waals surface area contributed by atoms with Gasteiger partial charge < -0.3 is 0 Å². The van der Waals surface area contributed by atoms with Gasteiger partial charge in [-0.25, -0.2) is 0 Å². The summed E-state index contributed by atoms with van der Waals surface area (Å²) < 4.78 is 5.79. The van der Waals surface area contributed by atoms with Gasteiger partial charge in [0.2, 0.25) is 0 Å². The number of pyridine rings is 1. The molecule has 0 radical (unpaired) electrons. The maximum atomic E-state index is 5.08. The number of anilines is 3. The molecule has 9 rings (SSSR count). The van der Waals surface area contributed by atoms with E-state index in [4.69, 9.17) is 4.98 Å². The Bertz CT molecular complexity index is 2040. The van der Waals surface area contributed by atoms with Gasteiger partial charge in [0.25, 0.3) is 0 Å². The van der Waals surface area contributed by atoms with Crippen molar-refractivity contribution in [2.75, 3.05) is 4.90 Å². The molecule has 1 aromatic heterocycles. The van der Waals surface area contributed by atoms with Crippen molar-refractivity contribution >= 4 is 97.3 Å². The van der Waals surface area contributed by atoms with Crippen LogP contribution in [0.4, 0.5) is 17.1 Å². The summed E-state index contributed by atoms with van der Waals surface area (Å²) >= 11 is 0.411. The van der Waals surface area contributed by atoms with Crippen molar-refractivity contribution in [3.63, 3.8) is 0 Å². The van der Waals surface area contributed by atoms with E-state index >= 15 is 0 Å². The van der Waals surface area contributed by atoms with Gasteiger partial charge in [-0.2, -0.15) is 0 Å². The van der Waals surface area contributed by atoms with Gasteiger partial charge in [-0.05, 0) is 0 Å². The van der Waals surface area contributed by atoms with Gasteiger partial charge >= 0.3 is 240 Å². The second-order valence-corrected chi connectivity index (χ2v) is 14.6. The van der Waals surface area contributed by atoms with Crippen molar-refractivity contribution in [3.05, 3.63) is 121 Å². The van der Waals surface area contributed by atoms with E-state index in [1.807, 2.05) is 0 Å². The van der Waals surface area contributed by atoms with Crippen molar-refractivity contribution in [1.29, 1.82) is 0 Å². The zero-order valence-corrected chi connectivity index (χ0v) is 24.2. The first-order valence-corrected chi connectivity index (χ1v) is 16.5. The molecule has 0 atom stereocenters. The summed E-state index contributed by atoms with van der Waals surface area (Å²) in [5, 5.41) is 6.41. The van der Waals surface area contributed by atoms with Crippen molar-refractivity contribution in [2.24, 2.45) is 0 Å². The monoisotopic (exact) mass is 628 g/mol. The Hall–Kier alpha value is -3.91. The van der Waals surface area contributed by atoms with E-state index in [1.54, 1.807) is 0 Å². The fraction of sp³-hybridized carbons (Fsp3) is 0. The summed E-state index contributed by atoms with van der Waals surface area (Å²) in [5.41, 5.74) is 7.42.